The van der Waals surface area contributed by atoms with E-state index in [1.165, 1.54) is 0 Å². The Kier molecular flexibility index (Phi) is 4.58. The van der Waals surface area contributed by atoms with Gasteiger partial charge < -0.3 is 16.0 Å². The van der Waals surface area contributed by atoms with Crippen LogP contribution in [0.5, 0.6) is 0 Å². The van der Waals surface area contributed by atoms with Crippen molar-refractivity contribution in [3.05, 3.63) is 28.8 Å². The quantitative estimate of drug-likeness (QED) is 0.780. The Morgan fingerprint density at radius 1 is 1.50 bits per heavy atom. The number of hydrogen-bond acceptors (Lipinski definition) is 3. The second kappa shape index (κ2) is 5.72. The van der Waals surface area contributed by atoms with E-state index in [9.17, 15) is 4.79 Å². The Labute approximate surface area is 100 Å². The van der Waals surface area contributed by atoms with Gasteiger partial charge in [-0.3, -0.25) is 4.79 Å². The molecule has 1 rings (SSSR count). The minimum Gasteiger partial charge on any atom is -0.398 e. The molecule has 4 nitrogen and oxygen atoms in total. The standard InChI is InChI=1S/C11H16ClN3O/c1-15(2)6-5-14-11(16)9-7-8(12)3-4-10(9)13/h3-4,7H,5-6,13H2,1-2H3,(H,14,16). The van der Waals surface area contributed by atoms with Crippen LogP contribution in [0.1, 0.15) is 10.4 Å². The average Bonchev–Trinajstić information content (AvgIpc) is 2.21. The van der Waals surface area contributed by atoms with Gasteiger partial charge in [-0.25, -0.2) is 0 Å². The number of carbonyl (C=O) groups excluding carboxylic acids is 1. The molecule has 3 N–H and O–H groups in total. The number of rotatable bonds is 4. The van der Waals surface area contributed by atoms with Crippen molar-refractivity contribution < 1.29 is 4.79 Å². The molecule has 0 radical (unpaired) electrons. The van der Waals surface area contributed by atoms with E-state index in [-0.39, 0.29) is 5.91 Å². The molecule has 1 aromatic rings. The van der Waals surface area contributed by atoms with Crippen LogP contribution in [0.3, 0.4) is 0 Å². The number of nitrogens with zero attached hydrogens (tertiary/aromatic N) is 1. The highest BCUT2D eigenvalue weighted by molar-refractivity contribution is 6.31. The minimum absolute atomic E-state index is 0.193. The maximum Gasteiger partial charge on any atom is 0.253 e. The van der Waals surface area contributed by atoms with Gasteiger partial charge in [0.1, 0.15) is 0 Å². The van der Waals surface area contributed by atoms with Gasteiger partial charge >= 0.3 is 0 Å². The monoisotopic (exact) mass is 241 g/mol. The molecule has 0 heterocycles. The predicted octanol–water partition coefficient (Wildman–Crippen LogP) is 1.21. The second-order valence-electron chi connectivity index (χ2n) is 3.79. The van der Waals surface area contributed by atoms with Gasteiger partial charge in [0.15, 0.2) is 0 Å². The van der Waals surface area contributed by atoms with Crippen LogP contribution < -0.4 is 11.1 Å². The van der Waals surface area contributed by atoms with Crippen LogP contribution in [-0.4, -0.2) is 38.0 Å². The molecule has 0 unspecified atom stereocenters. The van der Waals surface area contributed by atoms with Gasteiger partial charge in [0.2, 0.25) is 0 Å². The fourth-order valence-electron chi connectivity index (χ4n) is 1.21. The molecule has 1 amide bonds. The molecule has 16 heavy (non-hydrogen) atoms. The van der Waals surface area contributed by atoms with Crippen molar-refractivity contribution in [3.8, 4) is 0 Å². The number of anilines is 1. The zero-order valence-electron chi connectivity index (χ0n) is 9.46. The summed E-state index contributed by atoms with van der Waals surface area (Å²) in [6.45, 7) is 1.37. The molecule has 1 aromatic carbocycles. The number of likely N-dealkylation sites (N-methyl/N-ethyl adjacent to an activating group) is 1. The van der Waals surface area contributed by atoms with Gasteiger partial charge in [0.05, 0.1) is 5.56 Å². The third kappa shape index (κ3) is 3.72. The van der Waals surface area contributed by atoms with Gasteiger partial charge in [-0.2, -0.15) is 0 Å². The largest absolute Gasteiger partial charge is 0.398 e. The lowest BCUT2D eigenvalue weighted by Gasteiger charge is -2.11. The molecule has 0 saturated heterocycles. The Morgan fingerprint density at radius 2 is 2.19 bits per heavy atom. The summed E-state index contributed by atoms with van der Waals surface area (Å²) < 4.78 is 0. The second-order valence-corrected chi connectivity index (χ2v) is 4.23. The lowest BCUT2D eigenvalue weighted by Crippen LogP contribution is -2.31. The Bertz CT molecular complexity index is 379. The van der Waals surface area contributed by atoms with E-state index < -0.39 is 0 Å². The summed E-state index contributed by atoms with van der Waals surface area (Å²) in [5.74, 6) is -0.193. The molecule has 0 fully saturated rings. The van der Waals surface area contributed by atoms with E-state index in [0.29, 0.717) is 22.8 Å². The van der Waals surface area contributed by atoms with Gasteiger partial charge in [-0.05, 0) is 32.3 Å². The molecule has 88 valence electrons. The van der Waals surface area contributed by atoms with E-state index >= 15 is 0 Å². The minimum atomic E-state index is -0.193. The molecule has 0 spiro atoms. The van der Waals surface area contributed by atoms with Gasteiger partial charge in [0.25, 0.3) is 5.91 Å². The summed E-state index contributed by atoms with van der Waals surface area (Å²) in [4.78, 5) is 13.7. The number of halogens is 1. The lowest BCUT2D eigenvalue weighted by atomic mass is 10.1. The number of amides is 1. The number of benzene rings is 1. The van der Waals surface area contributed by atoms with Crippen molar-refractivity contribution in [2.75, 3.05) is 32.9 Å². The number of hydrogen-bond donors (Lipinski definition) is 2. The highest BCUT2D eigenvalue weighted by Gasteiger charge is 2.09. The van der Waals surface area contributed by atoms with E-state index in [1.54, 1.807) is 18.2 Å². The Hall–Kier alpha value is -1.26. The summed E-state index contributed by atoms with van der Waals surface area (Å²) in [7, 11) is 3.89. The Morgan fingerprint density at radius 3 is 2.81 bits per heavy atom. The first kappa shape index (κ1) is 12.8. The topological polar surface area (TPSA) is 58.4 Å². The molecular weight excluding hydrogens is 226 g/mol. The van der Waals surface area contributed by atoms with Crippen molar-refractivity contribution in [1.82, 2.24) is 10.2 Å². The fraction of sp³-hybridized carbons (Fsp3) is 0.364. The molecule has 0 saturated carbocycles. The van der Waals surface area contributed by atoms with Crippen molar-refractivity contribution in [3.63, 3.8) is 0 Å². The van der Waals surface area contributed by atoms with E-state index in [0.717, 1.165) is 6.54 Å². The maximum atomic E-state index is 11.7. The summed E-state index contributed by atoms with van der Waals surface area (Å²) >= 11 is 5.80. The van der Waals surface area contributed by atoms with Crippen molar-refractivity contribution in [2.45, 2.75) is 0 Å². The van der Waals surface area contributed by atoms with Crippen LogP contribution in [0.4, 0.5) is 5.69 Å². The van der Waals surface area contributed by atoms with Crippen LogP contribution in [0.15, 0.2) is 18.2 Å². The number of carbonyl (C=O) groups is 1. The normalized spacial score (nSPS) is 10.5. The first-order chi connectivity index (χ1) is 7.50. The lowest BCUT2D eigenvalue weighted by molar-refractivity contribution is 0.0952. The predicted molar refractivity (Wildman–Crippen MR) is 66.8 cm³/mol. The molecule has 0 bridgehead atoms. The summed E-state index contributed by atoms with van der Waals surface area (Å²) in [6.07, 6.45) is 0. The van der Waals surface area contributed by atoms with E-state index in [2.05, 4.69) is 5.32 Å². The third-order valence-corrected chi connectivity index (χ3v) is 2.34. The van der Waals surface area contributed by atoms with Crippen molar-refractivity contribution >= 4 is 23.2 Å². The van der Waals surface area contributed by atoms with Crippen molar-refractivity contribution in [2.24, 2.45) is 0 Å². The number of nitrogens with one attached hydrogen (secondary N) is 1. The SMILES string of the molecule is CN(C)CCNC(=O)c1cc(Cl)ccc1N. The molecule has 0 aliphatic rings. The summed E-state index contributed by atoms with van der Waals surface area (Å²) in [5.41, 5.74) is 6.55. The molecule has 0 aromatic heterocycles. The Balaban J connectivity index is 2.62. The van der Waals surface area contributed by atoms with Gasteiger partial charge in [-0.15, -0.1) is 0 Å². The highest BCUT2D eigenvalue weighted by atomic mass is 35.5. The maximum absolute atomic E-state index is 11.7. The highest BCUT2D eigenvalue weighted by Crippen LogP contribution is 2.17. The van der Waals surface area contributed by atoms with Crippen LogP contribution in [0.2, 0.25) is 5.02 Å². The van der Waals surface area contributed by atoms with E-state index in [4.69, 9.17) is 17.3 Å². The van der Waals surface area contributed by atoms with Gasteiger partial charge in [-0.1, -0.05) is 11.6 Å². The summed E-state index contributed by atoms with van der Waals surface area (Å²) in [6, 6.07) is 4.86. The van der Waals surface area contributed by atoms with Gasteiger partial charge in [0, 0.05) is 23.8 Å². The molecule has 0 aliphatic heterocycles. The molecule has 0 aliphatic carbocycles. The first-order valence-electron chi connectivity index (χ1n) is 4.98. The molecule has 5 heteroatoms. The van der Waals surface area contributed by atoms with Crippen molar-refractivity contribution in [1.29, 1.82) is 0 Å². The first-order valence-corrected chi connectivity index (χ1v) is 5.36. The third-order valence-electron chi connectivity index (χ3n) is 2.10. The number of nitrogens with two attached hydrogens (primary N) is 1. The van der Waals surface area contributed by atoms with Crippen LogP contribution in [0.25, 0.3) is 0 Å². The molecule has 0 atom stereocenters. The number of nitrogen functional groups attached to an aromatic ring is 1. The van der Waals surface area contributed by atoms with Crippen LogP contribution in [0, 0.1) is 0 Å². The van der Waals surface area contributed by atoms with Crippen LogP contribution >= 0.6 is 11.6 Å². The fourth-order valence-corrected chi connectivity index (χ4v) is 1.39. The molecular formula is C11H16ClN3O. The van der Waals surface area contributed by atoms with Crippen LogP contribution in [-0.2, 0) is 0 Å². The zero-order valence-corrected chi connectivity index (χ0v) is 10.2. The average molecular weight is 242 g/mol. The zero-order chi connectivity index (χ0) is 12.1. The smallest absolute Gasteiger partial charge is 0.253 e. The van der Waals surface area contributed by atoms with E-state index in [1.807, 2.05) is 19.0 Å². The summed E-state index contributed by atoms with van der Waals surface area (Å²) in [5, 5.41) is 3.29.